The topological polar surface area (TPSA) is 70.6 Å². The number of benzene rings is 2. The van der Waals surface area contributed by atoms with Gasteiger partial charge >= 0.3 is 0 Å². The summed E-state index contributed by atoms with van der Waals surface area (Å²) in [5, 5.41) is 5.93. The Morgan fingerprint density at radius 2 is 1.96 bits per heavy atom. The first-order valence-corrected chi connectivity index (χ1v) is 9.71. The van der Waals surface area contributed by atoms with Crippen molar-refractivity contribution in [2.75, 3.05) is 5.32 Å². The van der Waals surface area contributed by atoms with E-state index in [1.807, 2.05) is 36.4 Å². The second-order valence-corrected chi connectivity index (χ2v) is 8.07. The molecule has 25 heavy (non-hydrogen) atoms. The van der Waals surface area contributed by atoms with E-state index in [9.17, 15) is 9.59 Å². The SMILES string of the molecule is O=C(CC1SC(=Nc2ccccc2Cl)NC1=O)Nc1ccc(I)cc1. The first-order chi connectivity index (χ1) is 12.0. The Morgan fingerprint density at radius 1 is 1.24 bits per heavy atom. The predicted octanol–water partition coefficient (Wildman–Crippen LogP) is 4.19. The summed E-state index contributed by atoms with van der Waals surface area (Å²) < 4.78 is 1.08. The molecule has 0 radical (unpaired) electrons. The number of hydrogen-bond donors (Lipinski definition) is 2. The second kappa shape index (κ2) is 8.20. The van der Waals surface area contributed by atoms with Crippen LogP contribution in [0.3, 0.4) is 0 Å². The molecule has 0 spiro atoms. The molecule has 1 aliphatic heterocycles. The smallest absolute Gasteiger partial charge is 0.240 e. The summed E-state index contributed by atoms with van der Waals surface area (Å²) in [5.74, 6) is -0.443. The second-order valence-electron chi connectivity index (χ2n) is 5.22. The van der Waals surface area contributed by atoms with Gasteiger partial charge in [0.1, 0.15) is 5.25 Å². The molecule has 8 heteroatoms. The van der Waals surface area contributed by atoms with Gasteiger partial charge in [-0.3, -0.25) is 9.59 Å². The Morgan fingerprint density at radius 3 is 2.68 bits per heavy atom. The van der Waals surface area contributed by atoms with Crippen LogP contribution < -0.4 is 10.6 Å². The van der Waals surface area contributed by atoms with E-state index in [4.69, 9.17) is 11.6 Å². The number of rotatable bonds is 4. The Hall–Kier alpha value is -1.58. The number of anilines is 1. The van der Waals surface area contributed by atoms with Gasteiger partial charge in [-0.25, -0.2) is 4.99 Å². The minimum Gasteiger partial charge on any atom is -0.326 e. The maximum Gasteiger partial charge on any atom is 0.240 e. The number of hydrogen-bond acceptors (Lipinski definition) is 4. The molecule has 1 unspecified atom stereocenters. The van der Waals surface area contributed by atoms with Crippen LogP contribution in [0.1, 0.15) is 6.42 Å². The standard InChI is InChI=1S/C17H13ClIN3O2S/c18-12-3-1-2-4-13(12)21-17-22-16(24)14(25-17)9-15(23)20-11-7-5-10(19)6-8-11/h1-8,14H,9H2,(H,20,23)(H,21,22,24). The van der Waals surface area contributed by atoms with E-state index < -0.39 is 5.25 Å². The normalized spacial score (nSPS) is 18.2. The van der Waals surface area contributed by atoms with Gasteiger partial charge < -0.3 is 10.6 Å². The minimum atomic E-state index is -0.509. The summed E-state index contributed by atoms with van der Waals surface area (Å²) in [7, 11) is 0. The maximum absolute atomic E-state index is 12.2. The van der Waals surface area contributed by atoms with Crippen molar-refractivity contribution in [1.29, 1.82) is 0 Å². The van der Waals surface area contributed by atoms with E-state index in [0.29, 0.717) is 21.6 Å². The molecule has 3 rings (SSSR count). The number of thioether (sulfide) groups is 1. The number of nitrogens with one attached hydrogen (secondary N) is 2. The van der Waals surface area contributed by atoms with E-state index in [1.54, 1.807) is 12.1 Å². The van der Waals surface area contributed by atoms with Gasteiger partial charge in [0.15, 0.2) is 5.17 Å². The highest BCUT2D eigenvalue weighted by molar-refractivity contribution is 14.1. The van der Waals surface area contributed by atoms with Crippen molar-refractivity contribution >= 4 is 74.3 Å². The molecule has 0 aromatic heterocycles. The molecule has 128 valence electrons. The Balaban J connectivity index is 1.62. The average molecular weight is 486 g/mol. The third-order valence-electron chi connectivity index (χ3n) is 3.35. The van der Waals surface area contributed by atoms with Crippen LogP contribution in [-0.2, 0) is 9.59 Å². The van der Waals surface area contributed by atoms with Crippen molar-refractivity contribution < 1.29 is 9.59 Å². The van der Waals surface area contributed by atoms with E-state index in [2.05, 4.69) is 38.2 Å². The monoisotopic (exact) mass is 485 g/mol. The third-order valence-corrected chi connectivity index (χ3v) is 5.47. The van der Waals surface area contributed by atoms with Crippen molar-refractivity contribution in [2.24, 2.45) is 4.99 Å². The van der Waals surface area contributed by atoms with Gasteiger partial charge in [-0.1, -0.05) is 35.5 Å². The highest BCUT2D eigenvalue weighted by Gasteiger charge is 2.32. The average Bonchev–Trinajstić information content (AvgIpc) is 2.91. The number of carbonyl (C=O) groups excluding carboxylic acids is 2. The van der Waals surface area contributed by atoms with Gasteiger partial charge in [0, 0.05) is 15.7 Å². The van der Waals surface area contributed by atoms with Crippen molar-refractivity contribution in [2.45, 2.75) is 11.7 Å². The van der Waals surface area contributed by atoms with Crippen LogP contribution in [0.25, 0.3) is 0 Å². The summed E-state index contributed by atoms with van der Waals surface area (Å²) in [6.45, 7) is 0. The summed E-state index contributed by atoms with van der Waals surface area (Å²) >= 11 is 9.49. The lowest BCUT2D eigenvalue weighted by Gasteiger charge is -2.07. The largest absolute Gasteiger partial charge is 0.326 e. The molecule has 0 aliphatic carbocycles. The van der Waals surface area contributed by atoms with E-state index in [1.165, 1.54) is 11.8 Å². The Kier molecular flexibility index (Phi) is 5.98. The lowest BCUT2D eigenvalue weighted by molar-refractivity contribution is -0.122. The maximum atomic E-state index is 12.2. The zero-order chi connectivity index (χ0) is 17.8. The number of nitrogens with zero attached hydrogens (tertiary/aromatic N) is 1. The molecule has 0 bridgehead atoms. The number of amidine groups is 1. The first-order valence-electron chi connectivity index (χ1n) is 7.37. The molecule has 2 aromatic rings. The molecule has 2 amide bonds. The van der Waals surface area contributed by atoms with Crippen LogP contribution >= 0.6 is 46.0 Å². The molecule has 2 aromatic carbocycles. The van der Waals surface area contributed by atoms with Gasteiger partial charge in [-0.15, -0.1) is 0 Å². The van der Waals surface area contributed by atoms with Gasteiger partial charge in [0.05, 0.1) is 10.7 Å². The highest BCUT2D eigenvalue weighted by atomic mass is 127. The summed E-state index contributed by atoms with van der Waals surface area (Å²) in [6.07, 6.45) is 0.0734. The van der Waals surface area contributed by atoms with Crippen molar-refractivity contribution in [3.8, 4) is 0 Å². The molecule has 1 atom stereocenters. The summed E-state index contributed by atoms with van der Waals surface area (Å²) in [4.78, 5) is 28.6. The van der Waals surface area contributed by atoms with E-state index >= 15 is 0 Å². The summed E-state index contributed by atoms with van der Waals surface area (Å²) in [6, 6.07) is 14.6. The van der Waals surface area contributed by atoms with E-state index in [-0.39, 0.29) is 18.2 Å². The van der Waals surface area contributed by atoms with Crippen LogP contribution in [0.15, 0.2) is 53.5 Å². The fourth-order valence-corrected chi connectivity index (χ4v) is 3.68. The van der Waals surface area contributed by atoms with Gasteiger partial charge in [0.2, 0.25) is 11.8 Å². The number of halogens is 2. The number of aliphatic imine (C=N–C) groups is 1. The number of amides is 2. The highest BCUT2D eigenvalue weighted by Crippen LogP contribution is 2.29. The van der Waals surface area contributed by atoms with Gasteiger partial charge in [-0.05, 0) is 59.0 Å². The zero-order valence-corrected chi connectivity index (χ0v) is 16.6. The quantitative estimate of drug-likeness (QED) is 0.638. The lowest BCUT2D eigenvalue weighted by Crippen LogP contribution is -2.28. The molecule has 1 heterocycles. The fourth-order valence-electron chi connectivity index (χ4n) is 2.16. The molecule has 5 nitrogen and oxygen atoms in total. The van der Waals surface area contributed by atoms with Crippen LogP contribution in [0.5, 0.6) is 0 Å². The molecule has 2 N–H and O–H groups in total. The molecular formula is C17H13ClIN3O2S. The molecule has 0 saturated carbocycles. The molecule has 1 saturated heterocycles. The van der Waals surface area contributed by atoms with Crippen LogP contribution in [0, 0.1) is 3.57 Å². The van der Waals surface area contributed by atoms with Crippen molar-refractivity contribution in [1.82, 2.24) is 5.32 Å². The van der Waals surface area contributed by atoms with Gasteiger partial charge in [-0.2, -0.15) is 0 Å². The van der Waals surface area contributed by atoms with Crippen LogP contribution in [-0.4, -0.2) is 22.2 Å². The van der Waals surface area contributed by atoms with E-state index in [0.717, 1.165) is 3.57 Å². The number of para-hydroxylation sites is 1. The number of carbonyl (C=O) groups is 2. The minimum absolute atomic E-state index is 0.0734. The van der Waals surface area contributed by atoms with Crippen molar-refractivity contribution in [3.05, 3.63) is 57.1 Å². The van der Waals surface area contributed by atoms with Crippen LogP contribution in [0.2, 0.25) is 5.02 Å². The predicted molar refractivity (Wildman–Crippen MR) is 110 cm³/mol. The fraction of sp³-hybridized carbons (Fsp3) is 0.118. The summed E-state index contributed by atoms with van der Waals surface area (Å²) in [5.41, 5.74) is 1.29. The Labute approximate surface area is 167 Å². The first kappa shape index (κ1) is 18.2. The molecule has 1 fully saturated rings. The Bertz CT molecular complexity index is 842. The molecular weight excluding hydrogens is 473 g/mol. The van der Waals surface area contributed by atoms with Crippen LogP contribution in [0.4, 0.5) is 11.4 Å². The molecule has 1 aliphatic rings. The lowest BCUT2D eigenvalue weighted by atomic mass is 10.2. The van der Waals surface area contributed by atoms with Gasteiger partial charge in [0.25, 0.3) is 0 Å². The van der Waals surface area contributed by atoms with Crippen molar-refractivity contribution in [3.63, 3.8) is 0 Å². The third kappa shape index (κ3) is 4.96. The zero-order valence-electron chi connectivity index (χ0n) is 12.8.